The Hall–Kier alpha value is -0.930. The molecule has 120 valence electrons. The fraction of sp³-hybridized carbons (Fsp3) is 0.308. The van der Waals surface area contributed by atoms with E-state index in [0.717, 1.165) is 20.5 Å². The lowest BCUT2D eigenvalue weighted by Crippen LogP contribution is -2.38. The van der Waals surface area contributed by atoms with Crippen molar-refractivity contribution in [3.05, 3.63) is 38.9 Å². The standard InChI is InChI=1S/C13H15ClN2O3S3/c1-9(10-4-3-7-20-10)15-12(17)8-16(2)22(18,19)13-6-5-11(14)21-13/h3-7,9H,8H2,1-2H3,(H,15,17)/t9-/m1/s1. The lowest BCUT2D eigenvalue weighted by molar-refractivity contribution is -0.121. The van der Waals surface area contributed by atoms with Gasteiger partial charge in [0.15, 0.2) is 0 Å². The summed E-state index contributed by atoms with van der Waals surface area (Å²) in [7, 11) is -2.32. The van der Waals surface area contributed by atoms with E-state index in [2.05, 4.69) is 5.32 Å². The van der Waals surface area contributed by atoms with E-state index in [1.54, 1.807) is 0 Å². The van der Waals surface area contributed by atoms with Crippen LogP contribution in [0.15, 0.2) is 33.9 Å². The van der Waals surface area contributed by atoms with Crippen LogP contribution in [0.5, 0.6) is 0 Å². The fourth-order valence-electron chi connectivity index (χ4n) is 1.77. The van der Waals surface area contributed by atoms with Gasteiger partial charge in [0.25, 0.3) is 10.0 Å². The SMILES string of the molecule is C[C@@H](NC(=O)CN(C)S(=O)(=O)c1ccc(Cl)s1)c1cccs1. The van der Waals surface area contributed by atoms with Crippen LogP contribution in [-0.2, 0) is 14.8 Å². The van der Waals surface area contributed by atoms with Crippen molar-refractivity contribution < 1.29 is 13.2 Å². The molecule has 0 bridgehead atoms. The van der Waals surface area contributed by atoms with Gasteiger partial charge in [0.2, 0.25) is 5.91 Å². The van der Waals surface area contributed by atoms with E-state index >= 15 is 0 Å². The van der Waals surface area contributed by atoms with Gasteiger partial charge in [-0.3, -0.25) is 4.79 Å². The van der Waals surface area contributed by atoms with Crippen molar-refractivity contribution in [2.75, 3.05) is 13.6 Å². The highest BCUT2D eigenvalue weighted by Crippen LogP contribution is 2.27. The molecule has 1 amide bonds. The molecule has 0 radical (unpaired) electrons. The molecule has 0 unspecified atom stereocenters. The lowest BCUT2D eigenvalue weighted by Gasteiger charge is -2.18. The number of likely N-dealkylation sites (N-methyl/N-ethyl adjacent to an activating group) is 1. The number of rotatable bonds is 6. The maximum atomic E-state index is 12.3. The normalized spacial score (nSPS) is 13.3. The Kier molecular flexibility index (Phi) is 5.62. The first-order valence-electron chi connectivity index (χ1n) is 6.35. The summed E-state index contributed by atoms with van der Waals surface area (Å²) < 4.78 is 26.1. The molecule has 0 saturated heterocycles. The number of hydrogen-bond donors (Lipinski definition) is 1. The van der Waals surface area contributed by atoms with E-state index < -0.39 is 10.0 Å². The zero-order valence-corrected chi connectivity index (χ0v) is 15.2. The van der Waals surface area contributed by atoms with E-state index in [9.17, 15) is 13.2 Å². The number of nitrogens with zero attached hydrogens (tertiary/aromatic N) is 1. The van der Waals surface area contributed by atoms with Gasteiger partial charge < -0.3 is 5.32 Å². The molecule has 0 spiro atoms. The molecule has 0 fully saturated rings. The molecular weight excluding hydrogens is 364 g/mol. The minimum Gasteiger partial charge on any atom is -0.348 e. The van der Waals surface area contributed by atoms with Crippen LogP contribution in [0.3, 0.4) is 0 Å². The minimum atomic E-state index is -3.69. The number of thiophene rings is 2. The molecule has 5 nitrogen and oxygen atoms in total. The van der Waals surface area contributed by atoms with Crippen molar-refractivity contribution in [3.8, 4) is 0 Å². The van der Waals surface area contributed by atoms with Crippen LogP contribution in [0.2, 0.25) is 4.34 Å². The zero-order valence-electron chi connectivity index (χ0n) is 11.9. The second kappa shape index (κ2) is 7.10. The zero-order chi connectivity index (χ0) is 16.3. The third kappa shape index (κ3) is 4.08. The molecule has 1 atom stereocenters. The average Bonchev–Trinajstić information content (AvgIpc) is 3.09. The van der Waals surface area contributed by atoms with E-state index in [-0.39, 0.29) is 22.7 Å². The average molecular weight is 379 g/mol. The monoisotopic (exact) mass is 378 g/mol. The van der Waals surface area contributed by atoms with Gasteiger partial charge >= 0.3 is 0 Å². The molecule has 1 N–H and O–H groups in total. The van der Waals surface area contributed by atoms with Gasteiger partial charge in [-0.1, -0.05) is 17.7 Å². The highest BCUT2D eigenvalue weighted by molar-refractivity contribution is 7.91. The van der Waals surface area contributed by atoms with Gasteiger partial charge in [0, 0.05) is 11.9 Å². The summed E-state index contributed by atoms with van der Waals surface area (Å²) in [5.74, 6) is -0.352. The number of amides is 1. The summed E-state index contributed by atoms with van der Waals surface area (Å²) in [5, 5.41) is 4.71. The Bertz CT molecular complexity index is 740. The van der Waals surface area contributed by atoms with Crippen LogP contribution >= 0.6 is 34.3 Å². The number of carbonyl (C=O) groups excluding carboxylic acids is 1. The van der Waals surface area contributed by atoms with E-state index in [1.807, 2.05) is 24.4 Å². The van der Waals surface area contributed by atoms with Gasteiger partial charge in [-0.25, -0.2) is 8.42 Å². The van der Waals surface area contributed by atoms with Crippen molar-refractivity contribution in [2.45, 2.75) is 17.2 Å². The van der Waals surface area contributed by atoms with Crippen molar-refractivity contribution in [1.82, 2.24) is 9.62 Å². The molecule has 0 aromatic carbocycles. The van der Waals surface area contributed by atoms with Crippen LogP contribution < -0.4 is 5.32 Å². The lowest BCUT2D eigenvalue weighted by atomic mass is 10.3. The molecule has 0 aliphatic rings. The first-order valence-corrected chi connectivity index (χ1v) is 9.86. The molecule has 2 aromatic heterocycles. The first kappa shape index (κ1) is 17.4. The molecule has 9 heteroatoms. The van der Waals surface area contributed by atoms with E-state index in [4.69, 9.17) is 11.6 Å². The number of carbonyl (C=O) groups is 1. The molecule has 0 aliphatic carbocycles. The maximum absolute atomic E-state index is 12.3. The maximum Gasteiger partial charge on any atom is 0.252 e. The van der Waals surface area contributed by atoms with Crippen LogP contribution in [-0.4, -0.2) is 32.2 Å². The second-order valence-corrected chi connectivity index (χ2v) is 9.59. The topological polar surface area (TPSA) is 66.5 Å². The number of hydrogen-bond acceptors (Lipinski definition) is 5. The quantitative estimate of drug-likeness (QED) is 0.840. The molecule has 0 aliphatic heterocycles. The Balaban J connectivity index is 1.99. The number of halogens is 1. The second-order valence-electron chi connectivity index (χ2n) is 4.62. The summed E-state index contributed by atoms with van der Waals surface area (Å²) in [4.78, 5) is 13.0. The number of nitrogens with one attached hydrogen (secondary N) is 1. The third-order valence-corrected chi connectivity index (χ3v) is 7.48. The van der Waals surface area contributed by atoms with Gasteiger partial charge in [-0.2, -0.15) is 4.31 Å². The smallest absolute Gasteiger partial charge is 0.252 e. The first-order chi connectivity index (χ1) is 10.3. The van der Waals surface area contributed by atoms with E-state index in [1.165, 1.54) is 30.5 Å². The summed E-state index contributed by atoms with van der Waals surface area (Å²) in [6.45, 7) is 1.62. The van der Waals surface area contributed by atoms with Gasteiger partial charge in [0.1, 0.15) is 4.21 Å². The molecule has 22 heavy (non-hydrogen) atoms. The van der Waals surface area contributed by atoms with Gasteiger partial charge in [0.05, 0.1) is 16.9 Å². The summed E-state index contributed by atoms with van der Waals surface area (Å²) >= 11 is 8.27. The van der Waals surface area contributed by atoms with Crippen LogP contribution in [0.1, 0.15) is 17.8 Å². The predicted octanol–water partition coefficient (Wildman–Crippen LogP) is 2.96. The van der Waals surface area contributed by atoms with Crippen LogP contribution in [0, 0.1) is 0 Å². The van der Waals surface area contributed by atoms with Crippen molar-refractivity contribution >= 4 is 50.2 Å². The van der Waals surface area contributed by atoms with E-state index in [0.29, 0.717) is 4.34 Å². The Morgan fingerprint density at radius 2 is 2.14 bits per heavy atom. The largest absolute Gasteiger partial charge is 0.348 e. The van der Waals surface area contributed by atoms with Crippen molar-refractivity contribution in [1.29, 1.82) is 0 Å². The summed E-state index contributed by atoms with van der Waals surface area (Å²) in [6, 6.07) is 6.63. The number of sulfonamides is 1. The summed E-state index contributed by atoms with van der Waals surface area (Å²) in [6.07, 6.45) is 0. The van der Waals surface area contributed by atoms with Gasteiger partial charge in [-0.05, 0) is 30.5 Å². The highest BCUT2D eigenvalue weighted by Gasteiger charge is 2.25. The van der Waals surface area contributed by atoms with Crippen LogP contribution in [0.25, 0.3) is 0 Å². The molecule has 2 rings (SSSR count). The third-order valence-electron chi connectivity index (χ3n) is 2.93. The molecule has 2 heterocycles. The Morgan fingerprint density at radius 1 is 1.41 bits per heavy atom. The molecule has 0 saturated carbocycles. The Labute approximate surface area is 142 Å². The minimum absolute atomic E-state index is 0.124. The predicted molar refractivity (Wildman–Crippen MR) is 90.0 cm³/mol. The highest BCUT2D eigenvalue weighted by atomic mass is 35.5. The molecule has 2 aromatic rings. The van der Waals surface area contributed by atoms with Crippen molar-refractivity contribution in [3.63, 3.8) is 0 Å². The summed E-state index contributed by atoms with van der Waals surface area (Å²) in [5.41, 5.74) is 0. The molecular formula is C13H15ClN2O3S3. The van der Waals surface area contributed by atoms with Crippen LogP contribution in [0.4, 0.5) is 0 Å². The fourth-order valence-corrected chi connectivity index (χ4v) is 5.33. The Morgan fingerprint density at radius 3 is 2.68 bits per heavy atom. The van der Waals surface area contributed by atoms with Crippen molar-refractivity contribution in [2.24, 2.45) is 0 Å². The van der Waals surface area contributed by atoms with Gasteiger partial charge in [-0.15, -0.1) is 22.7 Å².